The highest BCUT2D eigenvalue weighted by Crippen LogP contribution is 2.37. The molecule has 0 bridgehead atoms. The third-order valence-corrected chi connectivity index (χ3v) is 7.14. The van der Waals surface area contributed by atoms with E-state index in [1.807, 2.05) is 19.1 Å². The molecule has 1 aromatic heterocycles. The van der Waals surface area contributed by atoms with Crippen molar-refractivity contribution < 1.29 is 23.7 Å². The summed E-state index contributed by atoms with van der Waals surface area (Å²) in [6, 6.07) is 9.88. The topological polar surface area (TPSA) is 88.4 Å². The van der Waals surface area contributed by atoms with Crippen LogP contribution in [0.3, 0.4) is 0 Å². The first-order valence-corrected chi connectivity index (χ1v) is 13.4. The first-order valence-electron chi connectivity index (χ1n) is 12.2. The largest absolute Gasteiger partial charge is 0.497 e. The quantitative estimate of drug-likeness (QED) is 0.289. The first kappa shape index (κ1) is 28.0. The van der Waals surface area contributed by atoms with Crippen molar-refractivity contribution in [3.63, 3.8) is 0 Å². The highest BCUT2D eigenvalue weighted by Gasteiger charge is 2.33. The number of terminal acetylenes is 1. The second-order valence-electron chi connectivity index (χ2n) is 8.33. The Balaban J connectivity index is 1.89. The number of rotatable bonds is 9. The molecular formula is C29H27ClN2O6S. The molecule has 0 saturated carbocycles. The van der Waals surface area contributed by atoms with Gasteiger partial charge in [0.1, 0.15) is 12.4 Å². The molecule has 0 N–H and O–H groups in total. The van der Waals surface area contributed by atoms with E-state index in [0.717, 1.165) is 5.56 Å². The molecule has 1 aliphatic rings. The van der Waals surface area contributed by atoms with Crippen LogP contribution in [-0.2, 0) is 9.53 Å². The Morgan fingerprint density at radius 3 is 2.59 bits per heavy atom. The van der Waals surface area contributed by atoms with Gasteiger partial charge in [-0.15, -0.1) is 6.42 Å². The summed E-state index contributed by atoms with van der Waals surface area (Å²) in [5.41, 5.74) is 1.83. The summed E-state index contributed by atoms with van der Waals surface area (Å²) in [5, 5.41) is 0.298. The number of carbonyl (C=O) groups is 1. The Kier molecular flexibility index (Phi) is 8.79. The number of benzene rings is 2. The number of ether oxygens (including phenoxy) is 4. The molecule has 39 heavy (non-hydrogen) atoms. The van der Waals surface area contributed by atoms with Gasteiger partial charge in [0.25, 0.3) is 5.56 Å². The van der Waals surface area contributed by atoms with Gasteiger partial charge >= 0.3 is 5.97 Å². The number of hydrogen-bond acceptors (Lipinski definition) is 8. The molecule has 0 aliphatic carbocycles. The smallest absolute Gasteiger partial charge is 0.338 e. The van der Waals surface area contributed by atoms with Crippen LogP contribution in [-0.4, -0.2) is 37.5 Å². The molecule has 0 amide bonds. The van der Waals surface area contributed by atoms with Gasteiger partial charge in [-0.2, -0.15) is 0 Å². The summed E-state index contributed by atoms with van der Waals surface area (Å²) < 4.78 is 23.8. The number of carbonyl (C=O) groups excluding carboxylic acids is 1. The SMILES string of the molecule is C#CCOc1c(Cl)cc(/C=c2\sc3n(c2=O)[C@H](c2ccc(OC)cc2)C(C(=O)OCC)=C(C)N=3)cc1OCC. The van der Waals surface area contributed by atoms with E-state index >= 15 is 0 Å². The van der Waals surface area contributed by atoms with Crippen LogP contribution in [0.1, 0.15) is 37.9 Å². The van der Waals surface area contributed by atoms with Crippen molar-refractivity contribution in [2.45, 2.75) is 26.8 Å². The van der Waals surface area contributed by atoms with E-state index in [1.165, 1.54) is 15.9 Å². The van der Waals surface area contributed by atoms with Crippen molar-refractivity contribution in [3.8, 4) is 29.6 Å². The van der Waals surface area contributed by atoms with Crippen LogP contribution in [0, 0.1) is 12.3 Å². The lowest BCUT2D eigenvalue weighted by Crippen LogP contribution is -2.39. The van der Waals surface area contributed by atoms with Gasteiger partial charge in [0, 0.05) is 0 Å². The van der Waals surface area contributed by atoms with Crippen molar-refractivity contribution >= 4 is 35.0 Å². The molecule has 8 nitrogen and oxygen atoms in total. The number of methoxy groups -OCH3 is 1. The van der Waals surface area contributed by atoms with Gasteiger partial charge in [-0.1, -0.05) is 41.0 Å². The molecule has 1 atom stereocenters. The summed E-state index contributed by atoms with van der Waals surface area (Å²) >= 11 is 7.70. The van der Waals surface area contributed by atoms with Crippen molar-refractivity contribution in [3.05, 3.63) is 83.5 Å². The molecule has 3 aromatic rings. The molecule has 4 rings (SSSR count). The maximum Gasteiger partial charge on any atom is 0.338 e. The van der Waals surface area contributed by atoms with Gasteiger partial charge in [0.15, 0.2) is 16.3 Å². The third kappa shape index (κ3) is 5.72. The van der Waals surface area contributed by atoms with Gasteiger partial charge in [-0.05, 0) is 62.2 Å². The number of aromatic nitrogens is 1. The Hall–Kier alpha value is -4.00. The van der Waals surface area contributed by atoms with Crippen LogP contribution in [0.15, 0.2) is 57.5 Å². The monoisotopic (exact) mass is 566 g/mol. The fourth-order valence-corrected chi connectivity index (χ4v) is 5.55. The summed E-state index contributed by atoms with van der Waals surface area (Å²) in [6.07, 6.45) is 7.03. The molecule has 0 unspecified atom stereocenters. The lowest BCUT2D eigenvalue weighted by Gasteiger charge is -2.24. The summed E-state index contributed by atoms with van der Waals surface area (Å²) in [5.74, 6) is 3.29. The van der Waals surface area contributed by atoms with Gasteiger partial charge in [-0.25, -0.2) is 9.79 Å². The Bertz CT molecular complexity index is 1650. The van der Waals surface area contributed by atoms with Crippen LogP contribution in [0.5, 0.6) is 17.2 Å². The van der Waals surface area contributed by atoms with E-state index in [9.17, 15) is 9.59 Å². The van der Waals surface area contributed by atoms with E-state index < -0.39 is 12.0 Å². The normalized spacial score (nSPS) is 14.8. The Labute approximate surface area is 234 Å². The zero-order valence-electron chi connectivity index (χ0n) is 21.9. The highest BCUT2D eigenvalue weighted by molar-refractivity contribution is 7.07. The molecule has 10 heteroatoms. The van der Waals surface area contributed by atoms with Crippen LogP contribution in [0.2, 0.25) is 5.02 Å². The standard InChI is InChI=1S/C29H27ClN2O6S/c1-6-13-38-26-21(30)14-18(15-22(26)36-7-2)16-23-27(33)32-25(19-9-11-20(35-5)12-10-19)24(28(34)37-8-3)17(4)31-29(32)39-23/h1,9-12,14-16,25H,7-8,13H2,2-5H3/b23-16-/t25-/m1/s1. The second-order valence-corrected chi connectivity index (χ2v) is 9.75. The van der Waals surface area contributed by atoms with Crippen LogP contribution in [0.4, 0.5) is 0 Å². The molecule has 2 aromatic carbocycles. The minimum atomic E-state index is -0.726. The number of fused-ring (bicyclic) bond motifs is 1. The summed E-state index contributed by atoms with van der Waals surface area (Å²) in [6.45, 7) is 5.92. The number of allylic oxidation sites excluding steroid dienone is 1. The van der Waals surface area contributed by atoms with Gasteiger partial charge < -0.3 is 18.9 Å². The molecule has 0 spiro atoms. The van der Waals surface area contributed by atoms with Crippen molar-refractivity contribution in [1.82, 2.24) is 4.57 Å². The van der Waals surface area contributed by atoms with Crippen LogP contribution < -0.4 is 29.1 Å². The molecular weight excluding hydrogens is 540 g/mol. The zero-order valence-corrected chi connectivity index (χ0v) is 23.5. The van der Waals surface area contributed by atoms with Gasteiger partial charge in [-0.3, -0.25) is 9.36 Å². The van der Waals surface area contributed by atoms with E-state index in [2.05, 4.69) is 10.9 Å². The van der Waals surface area contributed by atoms with Crippen molar-refractivity contribution in [2.75, 3.05) is 26.9 Å². The molecule has 202 valence electrons. The minimum Gasteiger partial charge on any atom is -0.497 e. The molecule has 2 heterocycles. The maximum atomic E-state index is 13.8. The van der Waals surface area contributed by atoms with E-state index in [4.69, 9.17) is 37.0 Å². The summed E-state index contributed by atoms with van der Waals surface area (Å²) in [7, 11) is 1.57. The van der Waals surface area contributed by atoms with E-state index in [1.54, 1.807) is 51.3 Å². The van der Waals surface area contributed by atoms with Crippen LogP contribution in [0.25, 0.3) is 6.08 Å². The number of esters is 1. The lowest BCUT2D eigenvalue weighted by atomic mass is 9.96. The first-order chi connectivity index (χ1) is 18.8. The highest BCUT2D eigenvalue weighted by atomic mass is 35.5. The second kappa shape index (κ2) is 12.2. The average molecular weight is 567 g/mol. The van der Waals surface area contributed by atoms with Crippen molar-refractivity contribution in [2.24, 2.45) is 4.99 Å². The van der Waals surface area contributed by atoms with Gasteiger partial charge in [0.05, 0.1) is 47.2 Å². The molecule has 0 radical (unpaired) electrons. The molecule has 1 aliphatic heterocycles. The molecule has 0 fully saturated rings. The number of hydrogen-bond donors (Lipinski definition) is 0. The number of thiazole rings is 1. The maximum absolute atomic E-state index is 13.8. The van der Waals surface area contributed by atoms with E-state index in [0.29, 0.717) is 55.0 Å². The fourth-order valence-electron chi connectivity index (χ4n) is 4.23. The predicted octanol–water partition coefficient (Wildman–Crippen LogP) is 3.87. The van der Waals surface area contributed by atoms with Crippen molar-refractivity contribution in [1.29, 1.82) is 0 Å². The minimum absolute atomic E-state index is 0.0330. The zero-order chi connectivity index (χ0) is 28.1. The number of halogens is 1. The fraction of sp³-hybridized carbons (Fsp3) is 0.276. The van der Waals surface area contributed by atoms with E-state index in [-0.39, 0.29) is 18.8 Å². The number of nitrogens with zero attached hydrogens (tertiary/aromatic N) is 2. The Morgan fingerprint density at radius 1 is 1.21 bits per heavy atom. The van der Waals surface area contributed by atoms with Gasteiger partial charge in [0.2, 0.25) is 0 Å². The third-order valence-electron chi connectivity index (χ3n) is 5.88. The lowest BCUT2D eigenvalue weighted by molar-refractivity contribution is -0.139. The molecule has 0 saturated heterocycles. The van der Waals surface area contributed by atoms with Crippen LogP contribution >= 0.6 is 22.9 Å². The summed E-state index contributed by atoms with van der Waals surface area (Å²) in [4.78, 5) is 31.9. The Morgan fingerprint density at radius 2 is 1.95 bits per heavy atom. The predicted molar refractivity (Wildman–Crippen MR) is 150 cm³/mol. The average Bonchev–Trinajstić information content (AvgIpc) is 3.21.